The average molecular weight is 594 g/mol. The summed E-state index contributed by atoms with van der Waals surface area (Å²) in [5.74, 6) is 0.172. The normalized spacial score (nSPS) is 10.7. The van der Waals surface area contributed by atoms with Crippen molar-refractivity contribution < 1.29 is 9.53 Å². The van der Waals surface area contributed by atoms with Crippen LogP contribution in [0.15, 0.2) is 60.7 Å². The fourth-order valence-corrected chi connectivity index (χ4v) is 4.96. The Morgan fingerprint density at radius 3 is 2.75 bits per heavy atom. The molecule has 0 aliphatic carbocycles. The van der Waals surface area contributed by atoms with Gasteiger partial charge in [-0.05, 0) is 90.3 Å². The van der Waals surface area contributed by atoms with Crippen molar-refractivity contribution in [2.24, 2.45) is 0 Å². The first kappa shape index (κ1) is 22.9. The zero-order chi connectivity index (χ0) is 22.7. The van der Waals surface area contributed by atoms with Gasteiger partial charge in [-0.15, -0.1) is 11.3 Å². The number of hydrogen-bond donors (Lipinski definition) is 2. The van der Waals surface area contributed by atoms with Crippen LogP contribution in [-0.2, 0) is 0 Å². The van der Waals surface area contributed by atoms with E-state index in [0.29, 0.717) is 22.9 Å². The summed E-state index contributed by atoms with van der Waals surface area (Å²) < 4.78 is 7.59. The molecule has 32 heavy (non-hydrogen) atoms. The highest BCUT2D eigenvalue weighted by Gasteiger charge is 2.15. The van der Waals surface area contributed by atoms with E-state index in [0.717, 1.165) is 30.0 Å². The number of halogens is 2. The molecular weight excluding hydrogens is 577 g/mol. The SMILES string of the molecule is CCOc1ccc(C(=O)NC(=S)Nc2ccc(I)cc2-c2nc3ccccc3s2)cc1Cl. The van der Waals surface area contributed by atoms with Crippen LogP contribution in [0.5, 0.6) is 5.75 Å². The van der Waals surface area contributed by atoms with Crippen molar-refractivity contribution in [3.8, 4) is 16.3 Å². The number of carbonyl (C=O) groups excluding carboxylic acids is 1. The van der Waals surface area contributed by atoms with Crippen molar-refractivity contribution in [3.63, 3.8) is 0 Å². The van der Waals surface area contributed by atoms with E-state index in [1.165, 1.54) is 0 Å². The molecule has 2 N–H and O–H groups in total. The molecule has 0 saturated heterocycles. The second-order valence-corrected chi connectivity index (χ2v) is 9.75. The van der Waals surface area contributed by atoms with Crippen LogP contribution >= 0.6 is 57.7 Å². The standard InChI is InChI=1S/C23H17ClIN3O2S2/c1-2-30-19-10-7-13(11-16(19)24)21(29)28-23(31)27-17-9-8-14(25)12-15(17)22-26-18-5-3-4-6-20(18)32-22/h3-12H,2H2,1H3,(H2,27,28,29,31). The topological polar surface area (TPSA) is 63.2 Å². The van der Waals surface area contributed by atoms with Crippen molar-refractivity contribution in [1.29, 1.82) is 0 Å². The molecule has 0 atom stereocenters. The lowest BCUT2D eigenvalue weighted by Gasteiger charge is -2.13. The lowest BCUT2D eigenvalue weighted by molar-refractivity contribution is 0.0977. The summed E-state index contributed by atoms with van der Waals surface area (Å²) >= 11 is 15.5. The predicted molar refractivity (Wildman–Crippen MR) is 144 cm³/mol. The molecule has 0 unspecified atom stereocenters. The second kappa shape index (κ2) is 10.1. The molecule has 0 aliphatic heterocycles. The summed E-state index contributed by atoms with van der Waals surface area (Å²) in [7, 11) is 0. The van der Waals surface area contributed by atoms with Crippen LogP contribution in [0.4, 0.5) is 5.69 Å². The number of nitrogens with zero attached hydrogens (tertiary/aromatic N) is 1. The van der Waals surface area contributed by atoms with Gasteiger partial charge in [0.25, 0.3) is 5.91 Å². The van der Waals surface area contributed by atoms with Crippen LogP contribution in [0.2, 0.25) is 5.02 Å². The number of fused-ring (bicyclic) bond motifs is 1. The van der Waals surface area contributed by atoms with Gasteiger partial charge in [-0.25, -0.2) is 4.98 Å². The number of thiazole rings is 1. The molecule has 9 heteroatoms. The van der Waals surface area contributed by atoms with Gasteiger partial charge in [-0.2, -0.15) is 0 Å². The van der Waals surface area contributed by atoms with Gasteiger partial charge >= 0.3 is 0 Å². The van der Waals surface area contributed by atoms with Crippen molar-refractivity contribution in [2.45, 2.75) is 6.92 Å². The van der Waals surface area contributed by atoms with Crippen molar-refractivity contribution >= 4 is 84.7 Å². The average Bonchev–Trinajstić information content (AvgIpc) is 3.20. The number of hydrogen-bond acceptors (Lipinski definition) is 5. The Balaban J connectivity index is 1.53. The summed E-state index contributed by atoms with van der Waals surface area (Å²) in [4.78, 5) is 17.4. The maximum atomic E-state index is 12.6. The number of para-hydroxylation sites is 1. The molecule has 0 aliphatic rings. The highest BCUT2D eigenvalue weighted by molar-refractivity contribution is 14.1. The fraction of sp³-hybridized carbons (Fsp3) is 0.0870. The number of benzene rings is 3. The Morgan fingerprint density at radius 2 is 2.00 bits per heavy atom. The molecule has 0 spiro atoms. The minimum atomic E-state index is -0.362. The van der Waals surface area contributed by atoms with E-state index in [9.17, 15) is 4.79 Å². The van der Waals surface area contributed by atoms with Gasteiger partial charge in [-0.3, -0.25) is 10.1 Å². The van der Waals surface area contributed by atoms with Crippen LogP contribution < -0.4 is 15.4 Å². The predicted octanol–water partition coefficient (Wildman–Crippen LogP) is 6.75. The van der Waals surface area contributed by atoms with Crippen LogP contribution in [0, 0.1) is 3.57 Å². The van der Waals surface area contributed by atoms with Crippen molar-refractivity contribution in [3.05, 3.63) is 74.8 Å². The van der Waals surface area contributed by atoms with Crippen LogP contribution in [0.3, 0.4) is 0 Å². The molecule has 4 rings (SSSR count). The lowest BCUT2D eigenvalue weighted by atomic mass is 10.2. The molecule has 1 heterocycles. The largest absolute Gasteiger partial charge is 0.492 e. The highest BCUT2D eigenvalue weighted by Crippen LogP contribution is 2.35. The van der Waals surface area contributed by atoms with Gasteiger partial charge < -0.3 is 10.1 Å². The maximum Gasteiger partial charge on any atom is 0.257 e. The number of amides is 1. The van der Waals surface area contributed by atoms with Crippen LogP contribution in [-0.4, -0.2) is 22.6 Å². The van der Waals surface area contributed by atoms with E-state index in [1.54, 1.807) is 29.5 Å². The monoisotopic (exact) mass is 593 g/mol. The Labute approximate surface area is 213 Å². The second-order valence-electron chi connectivity index (χ2n) is 6.66. The van der Waals surface area contributed by atoms with Gasteiger partial charge in [0, 0.05) is 14.7 Å². The van der Waals surface area contributed by atoms with E-state index in [4.69, 9.17) is 33.5 Å². The molecule has 0 saturated carbocycles. The molecule has 1 amide bonds. The first-order valence-electron chi connectivity index (χ1n) is 9.64. The Bertz CT molecular complexity index is 1290. The quantitative estimate of drug-likeness (QED) is 0.198. The maximum absolute atomic E-state index is 12.6. The lowest BCUT2D eigenvalue weighted by Crippen LogP contribution is -2.34. The number of aromatic nitrogens is 1. The van der Waals surface area contributed by atoms with Gasteiger partial charge in [0.2, 0.25) is 0 Å². The first-order valence-corrected chi connectivity index (χ1v) is 12.3. The Kier molecular flexibility index (Phi) is 7.24. The molecule has 0 radical (unpaired) electrons. The molecule has 4 aromatic rings. The Hall–Kier alpha value is -2.27. The van der Waals surface area contributed by atoms with Crippen LogP contribution in [0.25, 0.3) is 20.8 Å². The number of thiocarbonyl (C=S) groups is 1. The first-order chi connectivity index (χ1) is 15.4. The Morgan fingerprint density at radius 1 is 1.19 bits per heavy atom. The zero-order valence-electron chi connectivity index (χ0n) is 16.8. The minimum Gasteiger partial charge on any atom is -0.492 e. The third kappa shape index (κ3) is 5.20. The summed E-state index contributed by atoms with van der Waals surface area (Å²) in [6, 6.07) is 18.8. The van der Waals surface area contributed by atoms with Crippen molar-refractivity contribution in [2.75, 3.05) is 11.9 Å². The van der Waals surface area contributed by atoms with Crippen molar-refractivity contribution in [1.82, 2.24) is 10.3 Å². The molecular formula is C23H17ClIN3O2S2. The molecule has 162 valence electrons. The zero-order valence-corrected chi connectivity index (χ0v) is 21.4. The minimum absolute atomic E-state index is 0.184. The third-order valence-electron chi connectivity index (χ3n) is 4.48. The molecule has 0 fully saturated rings. The fourth-order valence-electron chi connectivity index (χ4n) is 3.03. The highest BCUT2D eigenvalue weighted by atomic mass is 127. The van der Waals surface area contributed by atoms with E-state index in [2.05, 4.69) is 33.2 Å². The number of nitrogens with one attached hydrogen (secondary N) is 2. The van der Waals surface area contributed by atoms with Crippen LogP contribution in [0.1, 0.15) is 17.3 Å². The molecule has 1 aromatic heterocycles. The summed E-state index contributed by atoms with van der Waals surface area (Å²) in [6.07, 6.45) is 0. The van der Waals surface area contributed by atoms with Gasteiger partial charge in [0.1, 0.15) is 10.8 Å². The third-order valence-corrected chi connectivity index (χ3v) is 6.72. The summed E-state index contributed by atoms with van der Waals surface area (Å²) in [5, 5.41) is 7.27. The number of anilines is 1. The van der Waals surface area contributed by atoms with E-state index in [-0.39, 0.29) is 11.0 Å². The molecule has 5 nitrogen and oxygen atoms in total. The molecule has 0 bridgehead atoms. The smallest absolute Gasteiger partial charge is 0.257 e. The van der Waals surface area contributed by atoms with Gasteiger partial charge in [-0.1, -0.05) is 23.7 Å². The number of rotatable bonds is 5. The summed E-state index contributed by atoms with van der Waals surface area (Å²) in [6.45, 7) is 2.36. The van der Waals surface area contributed by atoms with E-state index in [1.807, 2.05) is 49.4 Å². The van der Waals surface area contributed by atoms with E-state index >= 15 is 0 Å². The number of carbonyl (C=O) groups is 1. The summed E-state index contributed by atoms with van der Waals surface area (Å²) in [5.41, 5.74) is 3.01. The van der Waals surface area contributed by atoms with E-state index < -0.39 is 0 Å². The number of ether oxygens (including phenoxy) is 1. The molecule has 3 aromatic carbocycles. The van der Waals surface area contributed by atoms with Gasteiger partial charge in [0.15, 0.2) is 5.11 Å². The van der Waals surface area contributed by atoms with Gasteiger partial charge in [0.05, 0.1) is 27.5 Å².